The molecule has 27 heavy (non-hydrogen) atoms. The Kier molecular flexibility index (Phi) is 7.20. The molecule has 1 aromatic rings. The van der Waals surface area contributed by atoms with Gasteiger partial charge in [0, 0.05) is 24.8 Å². The number of carbonyl (C=O) groups is 2. The lowest BCUT2D eigenvalue weighted by molar-refractivity contribution is -0.116. The summed E-state index contributed by atoms with van der Waals surface area (Å²) in [6, 6.07) is 6.99. The maximum absolute atomic E-state index is 12.4. The predicted molar refractivity (Wildman–Crippen MR) is 103 cm³/mol. The topological polar surface area (TPSA) is 96.0 Å². The van der Waals surface area contributed by atoms with Crippen LogP contribution >= 0.6 is 0 Å². The Morgan fingerprint density at radius 3 is 2.52 bits per heavy atom. The van der Waals surface area contributed by atoms with Gasteiger partial charge in [-0.15, -0.1) is 0 Å². The fourth-order valence-electron chi connectivity index (χ4n) is 3.13. The molecule has 150 valence electrons. The minimum absolute atomic E-state index is 0.253. The zero-order chi connectivity index (χ0) is 20.0. The summed E-state index contributed by atoms with van der Waals surface area (Å²) >= 11 is 0. The first-order valence-electron chi connectivity index (χ1n) is 8.95. The lowest BCUT2D eigenvalue weighted by atomic mass is 10.1. The van der Waals surface area contributed by atoms with E-state index in [-0.39, 0.29) is 24.6 Å². The second-order valence-corrected chi connectivity index (χ2v) is 8.58. The fourth-order valence-corrected chi connectivity index (χ4v) is 4.24. The van der Waals surface area contributed by atoms with Crippen LogP contribution in [-0.2, 0) is 19.6 Å². The molecule has 0 aromatic heterocycles. The van der Waals surface area contributed by atoms with Crippen LogP contribution in [0, 0.1) is 6.92 Å². The van der Waals surface area contributed by atoms with Gasteiger partial charge in [-0.2, -0.15) is 4.31 Å². The van der Waals surface area contributed by atoms with E-state index in [0.717, 1.165) is 11.8 Å². The Hall–Kier alpha value is -2.13. The number of nitrogens with zero attached hydrogens (tertiary/aromatic N) is 2. The summed E-state index contributed by atoms with van der Waals surface area (Å²) in [5.74, 6) is -0.390. The number of hydrogen-bond donors (Lipinski definition) is 1. The lowest BCUT2D eigenvalue weighted by Crippen LogP contribution is -2.50. The predicted octanol–water partition coefficient (Wildman–Crippen LogP) is 1.82. The molecule has 1 fully saturated rings. The maximum Gasteiger partial charge on any atom is 0.409 e. The standard InChI is InChI=1S/C18H27N3O5S/c1-4-26-18(23)20-10-8-16(9-11-20)21(27(3,24)25)13-17(22)19-15-7-5-6-14(2)12-15/h5-7,12,16H,4,8-11,13H2,1-3H3,(H,19,22). The molecule has 0 spiro atoms. The van der Waals surface area contributed by atoms with E-state index in [1.165, 1.54) is 4.31 Å². The number of amides is 2. The Morgan fingerprint density at radius 2 is 1.96 bits per heavy atom. The van der Waals surface area contributed by atoms with Gasteiger partial charge in [0.05, 0.1) is 19.4 Å². The van der Waals surface area contributed by atoms with E-state index in [1.807, 2.05) is 25.1 Å². The van der Waals surface area contributed by atoms with Crippen molar-refractivity contribution >= 4 is 27.7 Å². The Balaban J connectivity index is 2.00. The number of likely N-dealkylation sites (tertiary alicyclic amines) is 1. The first kappa shape index (κ1) is 21.2. The SMILES string of the molecule is CCOC(=O)N1CCC(N(CC(=O)Nc2cccc(C)c2)S(C)(=O)=O)CC1. The molecule has 1 aliphatic heterocycles. The summed E-state index contributed by atoms with van der Waals surface area (Å²) < 4.78 is 30.7. The number of nitrogens with one attached hydrogen (secondary N) is 1. The van der Waals surface area contributed by atoms with Crippen molar-refractivity contribution in [1.82, 2.24) is 9.21 Å². The number of rotatable bonds is 6. The van der Waals surface area contributed by atoms with Crippen molar-refractivity contribution in [2.75, 3.05) is 37.8 Å². The molecule has 8 nitrogen and oxygen atoms in total. The van der Waals surface area contributed by atoms with Crippen LogP contribution in [0.4, 0.5) is 10.5 Å². The van der Waals surface area contributed by atoms with E-state index in [2.05, 4.69) is 5.32 Å². The first-order chi connectivity index (χ1) is 12.7. The van der Waals surface area contributed by atoms with Gasteiger partial charge >= 0.3 is 6.09 Å². The van der Waals surface area contributed by atoms with Gasteiger partial charge in [-0.05, 0) is 44.4 Å². The quantitative estimate of drug-likeness (QED) is 0.790. The van der Waals surface area contributed by atoms with E-state index in [4.69, 9.17) is 4.74 Å². The van der Waals surface area contributed by atoms with Crippen LogP contribution in [0.25, 0.3) is 0 Å². The molecule has 0 atom stereocenters. The fraction of sp³-hybridized carbons (Fsp3) is 0.556. The molecule has 1 saturated heterocycles. The summed E-state index contributed by atoms with van der Waals surface area (Å²) in [6.07, 6.45) is 1.64. The van der Waals surface area contributed by atoms with E-state index < -0.39 is 10.0 Å². The summed E-state index contributed by atoms with van der Waals surface area (Å²) in [6.45, 7) is 4.49. The van der Waals surface area contributed by atoms with Crippen LogP contribution in [0.3, 0.4) is 0 Å². The van der Waals surface area contributed by atoms with Crippen LogP contribution in [-0.4, -0.2) is 68.2 Å². The molecule has 1 aliphatic rings. The van der Waals surface area contributed by atoms with Crippen molar-refractivity contribution in [3.8, 4) is 0 Å². The third-order valence-electron chi connectivity index (χ3n) is 4.43. The number of carbonyl (C=O) groups excluding carboxylic acids is 2. The summed E-state index contributed by atoms with van der Waals surface area (Å²) in [5.41, 5.74) is 1.63. The highest BCUT2D eigenvalue weighted by Gasteiger charge is 2.33. The van der Waals surface area contributed by atoms with Gasteiger partial charge in [0.1, 0.15) is 0 Å². The Labute approximate surface area is 160 Å². The van der Waals surface area contributed by atoms with Crippen molar-refractivity contribution in [3.63, 3.8) is 0 Å². The maximum atomic E-state index is 12.4. The van der Waals surface area contributed by atoms with Crippen molar-refractivity contribution in [1.29, 1.82) is 0 Å². The molecule has 0 bridgehead atoms. The van der Waals surface area contributed by atoms with Crippen LogP contribution in [0.2, 0.25) is 0 Å². The number of piperidine rings is 1. The summed E-state index contributed by atoms with van der Waals surface area (Å²) in [4.78, 5) is 25.7. The third-order valence-corrected chi connectivity index (χ3v) is 5.70. The number of benzene rings is 1. The van der Waals surface area contributed by atoms with Gasteiger partial charge in [0.15, 0.2) is 0 Å². The number of ether oxygens (including phenoxy) is 1. The van der Waals surface area contributed by atoms with Crippen LogP contribution in [0.5, 0.6) is 0 Å². The average molecular weight is 397 g/mol. The Morgan fingerprint density at radius 1 is 1.30 bits per heavy atom. The molecule has 2 amide bonds. The van der Waals surface area contributed by atoms with Crippen molar-refractivity contribution in [2.45, 2.75) is 32.7 Å². The second-order valence-electron chi connectivity index (χ2n) is 6.64. The van der Waals surface area contributed by atoms with Gasteiger partial charge in [-0.3, -0.25) is 4.79 Å². The van der Waals surface area contributed by atoms with Crippen LogP contribution in [0.15, 0.2) is 24.3 Å². The molecule has 0 radical (unpaired) electrons. The van der Waals surface area contributed by atoms with Gasteiger partial charge in [-0.1, -0.05) is 12.1 Å². The molecule has 1 aromatic carbocycles. The van der Waals surface area contributed by atoms with Gasteiger partial charge in [0.25, 0.3) is 0 Å². The molecule has 0 unspecified atom stereocenters. The highest BCUT2D eigenvalue weighted by molar-refractivity contribution is 7.88. The van der Waals surface area contributed by atoms with Crippen molar-refractivity contribution < 1.29 is 22.7 Å². The van der Waals surface area contributed by atoms with E-state index >= 15 is 0 Å². The number of sulfonamides is 1. The highest BCUT2D eigenvalue weighted by atomic mass is 32.2. The van der Waals surface area contributed by atoms with Crippen LogP contribution < -0.4 is 5.32 Å². The Bertz CT molecular complexity index is 773. The number of hydrogen-bond acceptors (Lipinski definition) is 5. The van der Waals surface area contributed by atoms with Crippen molar-refractivity contribution in [3.05, 3.63) is 29.8 Å². The highest BCUT2D eigenvalue weighted by Crippen LogP contribution is 2.20. The monoisotopic (exact) mass is 397 g/mol. The molecule has 9 heteroatoms. The van der Waals surface area contributed by atoms with E-state index in [1.54, 1.807) is 17.9 Å². The minimum atomic E-state index is -3.57. The first-order valence-corrected chi connectivity index (χ1v) is 10.8. The number of anilines is 1. The molecular formula is C18H27N3O5S. The zero-order valence-corrected chi connectivity index (χ0v) is 16.8. The largest absolute Gasteiger partial charge is 0.450 e. The second kappa shape index (κ2) is 9.18. The molecule has 1 heterocycles. The van der Waals surface area contributed by atoms with E-state index in [0.29, 0.717) is 38.2 Å². The average Bonchev–Trinajstić information content (AvgIpc) is 2.59. The number of aryl methyl sites for hydroxylation is 1. The molecule has 2 rings (SSSR count). The smallest absolute Gasteiger partial charge is 0.409 e. The summed E-state index contributed by atoms with van der Waals surface area (Å²) in [5, 5.41) is 2.74. The van der Waals surface area contributed by atoms with E-state index in [9.17, 15) is 18.0 Å². The van der Waals surface area contributed by atoms with Crippen LogP contribution in [0.1, 0.15) is 25.3 Å². The minimum Gasteiger partial charge on any atom is -0.450 e. The molecule has 0 saturated carbocycles. The zero-order valence-electron chi connectivity index (χ0n) is 16.0. The van der Waals surface area contributed by atoms with Gasteiger partial charge < -0.3 is 15.0 Å². The lowest BCUT2D eigenvalue weighted by Gasteiger charge is -2.36. The summed E-state index contributed by atoms with van der Waals surface area (Å²) in [7, 11) is -3.57. The third kappa shape index (κ3) is 6.21. The molecular weight excluding hydrogens is 370 g/mol. The normalized spacial score (nSPS) is 15.6. The van der Waals surface area contributed by atoms with Gasteiger partial charge in [-0.25, -0.2) is 13.2 Å². The van der Waals surface area contributed by atoms with Gasteiger partial charge in [0.2, 0.25) is 15.9 Å². The van der Waals surface area contributed by atoms with Crippen molar-refractivity contribution in [2.24, 2.45) is 0 Å². The molecule has 0 aliphatic carbocycles. The molecule has 1 N–H and O–H groups in total.